The molecule has 2 rings (SSSR count). The molecule has 0 aliphatic carbocycles. The van der Waals surface area contributed by atoms with Crippen LogP contribution in [0.2, 0.25) is 0 Å². The Balaban J connectivity index is 2.35. The predicted molar refractivity (Wildman–Crippen MR) is 98.4 cm³/mol. The van der Waals surface area contributed by atoms with Gasteiger partial charge >= 0.3 is 5.97 Å². The predicted octanol–water partition coefficient (Wildman–Crippen LogP) is 2.57. The highest BCUT2D eigenvalue weighted by Gasteiger charge is 2.36. The Hall–Kier alpha value is -2.86. The molecule has 0 aromatic heterocycles. The fourth-order valence-corrected chi connectivity index (χ4v) is 2.66. The number of rotatable bonds is 8. The molecule has 1 heterocycles. The first-order valence-corrected chi connectivity index (χ1v) is 8.19. The maximum absolute atomic E-state index is 12.8. The molecular weight excluding hydrogens is 334 g/mol. The molecule has 1 aliphatic heterocycles. The molecule has 0 bridgehead atoms. The Labute approximate surface area is 153 Å². The topological polar surface area (TPSA) is 65.1 Å². The molecule has 0 atom stereocenters. The number of amides is 1. The van der Waals surface area contributed by atoms with Gasteiger partial charge in [0, 0.05) is 19.4 Å². The average molecular weight is 357 g/mol. The lowest BCUT2D eigenvalue weighted by Gasteiger charge is -2.16. The molecule has 1 aliphatic rings. The first-order valence-electron chi connectivity index (χ1n) is 8.19. The Bertz CT molecular complexity index is 746. The van der Waals surface area contributed by atoms with Crippen molar-refractivity contribution in [1.82, 2.24) is 4.90 Å². The molecule has 6 nitrogen and oxygen atoms in total. The van der Waals surface area contributed by atoms with E-state index < -0.39 is 5.97 Å². The van der Waals surface area contributed by atoms with Crippen LogP contribution in [0.25, 0.3) is 6.08 Å². The van der Waals surface area contributed by atoms with Crippen LogP contribution in [0.4, 0.5) is 0 Å². The van der Waals surface area contributed by atoms with Gasteiger partial charge in [0.2, 0.25) is 0 Å². The summed E-state index contributed by atoms with van der Waals surface area (Å²) in [5.74, 6) is -0.0775. The van der Waals surface area contributed by atoms with Crippen LogP contribution >= 0.6 is 0 Å². The molecule has 0 N–H and O–H groups in total. The average Bonchev–Trinajstić information content (AvgIpc) is 2.88. The number of ether oxygens (including phenoxy) is 3. The van der Waals surface area contributed by atoms with E-state index in [2.05, 4.69) is 6.58 Å². The number of methoxy groups -OCH3 is 2. The van der Waals surface area contributed by atoms with E-state index in [1.54, 1.807) is 38.3 Å². The van der Waals surface area contributed by atoms with E-state index in [4.69, 9.17) is 14.2 Å². The lowest BCUT2D eigenvalue weighted by atomic mass is 10.0. The second-order valence-electron chi connectivity index (χ2n) is 5.63. The molecule has 26 heavy (non-hydrogen) atoms. The highest BCUT2D eigenvalue weighted by Crippen LogP contribution is 2.31. The summed E-state index contributed by atoms with van der Waals surface area (Å²) in [5.41, 5.74) is 1.93. The minimum Gasteiger partial charge on any atom is -0.490 e. The quantitative estimate of drug-likeness (QED) is 0.406. The van der Waals surface area contributed by atoms with Crippen molar-refractivity contribution in [3.05, 3.63) is 59.3 Å². The van der Waals surface area contributed by atoms with Gasteiger partial charge in [0.15, 0.2) is 0 Å². The molecule has 0 fully saturated rings. The summed E-state index contributed by atoms with van der Waals surface area (Å²) in [4.78, 5) is 26.5. The minimum atomic E-state index is -0.534. The van der Waals surface area contributed by atoms with Crippen LogP contribution in [0.1, 0.15) is 12.5 Å². The van der Waals surface area contributed by atoms with Gasteiger partial charge in [-0.15, -0.1) is 0 Å². The molecule has 1 aromatic rings. The van der Waals surface area contributed by atoms with Gasteiger partial charge in [-0.3, -0.25) is 4.79 Å². The van der Waals surface area contributed by atoms with E-state index >= 15 is 0 Å². The van der Waals surface area contributed by atoms with E-state index in [1.807, 2.05) is 12.1 Å². The van der Waals surface area contributed by atoms with Crippen molar-refractivity contribution in [2.75, 3.05) is 34.0 Å². The molecule has 0 spiro atoms. The summed E-state index contributed by atoms with van der Waals surface area (Å²) in [6, 6.07) is 7.24. The van der Waals surface area contributed by atoms with Crippen molar-refractivity contribution in [2.45, 2.75) is 6.92 Å². The second kappa shape index (κ2) is 9.01. The summed E-state index contributed by atoms with van der Waals surface area (Å²) in [6.45, 7) is 6.49. The molecule has 0 unspecified atom stereocenters. The Morgan fingerprint density at radius 3 is 2.50 bits per heavy atom. The number of carbonyl (C=O) groups is 2. The zero-order valence-corrected chi connectivity index (χ0v) is 15.3. The van der Waals surface area contributed by atoms with Crippen LogP contribution in [-0.4, -0.2) is 50.8 Å². The van der Waals surface area contributed by atoms with Crippen molar-refractivity contribution in [3.63, 3.8) is 0 Å². The molecule has 1 aromatic carbocycles. The van der Waals surface area contributed by atoms with Gasteiger partial charge in [-0.25, -0.2) is 4.79 Å². The van der Waals surface area contributed by atoms with Gasteiger partial charge in [-0.05, 0) is 30.7 Å². The van der Waals surface area contributed by atoms with Gasteiger partial charge in [-0.1, -0.05) is 24.8 Å². The van der Waals surface area contributed by atoms with Gasteiger partial charge in [-0.2, -0.15) is 0 Å². The fourth-order valence-electron chi connectivity index (χ4n) is 2.66. The summed E-state index contributed by atoms with van der Waals surface area (Å²) in [5, 5.41) is 0. The Morgan fingerprint density at radius 2 is 1.92 bits per heavy atom. The number of carbonyl (C=O) groups excluding carboxylic acids is 2. The number of hydrogen-bond donors (Lipinski definition) is 0. The number of allylic oxidation sites excluding steroid dienone is 1. The molecule has 0 radical (unpaired) electrons. The minimum absolute atomic E-state index is 0.244. The summed E-state index contributed by atoms with van der Waals surface area (Å²) >= 11 is 0. The third-order valence-corrected chi connectivity index (χ3v) is 3.98. The van der Waals surface area contributed by atoms with E-state index in [-0.39, 0.29) is 11.5 Å². The van der Waals surface area contributed by atoms with Gasteiger partial charge in [0.05, 0.1) is 24.9 Å². The fraction of sp³-hybridized carbons (Fsp3) is 0.300. The van der Waals surface area contributed by atoms with Crippen LogP contribution < -0.4 is 4.74 Å². The molecule has 0 saturated heterocycles. The van der Waals surface area contributed by atoms with E-state index in [9.17, 15) is 9.59 Å². The molecule has 6 heteroatoms. The normalized spacial score (nSPS) is 15.6. The van der Waals surface area contributed by atoms with Crippen molar-refractivity contribution >= 4 is 18.0 Å². The number of benzene rings is 1. The Kier molecular flexibility index (Phi) is 6.74. The first kappa shape index (κ1) is 19.5. The largest absolute Gasteiger partial charge is 0.490 e. The van der Waals surface area contributed by atoms with Gasteiger partial charge < -0.3 is 19.1 Å². The van der Waals surface area contributed by atoms with E-state index in [1.165, 1.54) is 12.0 Å². The maximum atomic E-state index is 12.8. The van der Waals surface area contributed by atoms with E-state index in [0.717, 1.165) is 5.56 Å². The third-order valence-electron chi connectivity index (χ3n) is 3.98. The molecule has 0 saturated carbocycles. The van der Waals surface area contributed by atoms with Crippen molar-refractivity contribution in [2.24, 2.45) is 0 Å². The second-order valence-corrected chi connectivity index (χ2v) is 5.63. The van der Waals surface area contributed by atoms with Crippen molar-refractivity contribution < 1.29 is 23.8 Å². The Morgan fingerprint density at radius 1 is 1.23 bits per heavy atom. The monoisotopic (exact) mass is 357 g/mol. The lowest BCUT2D eigenvalue weighted by Crippen LogP contribution is -2.28. The van der Waals surface area contributed by atoms with Crippen molar-refractivity contribution in [3.8, 4) is 5.75 Å². The third kappa shape index (κ3) is 4.21. The summed E-state index contributed by atoms with van der Waals surface area (Å²) in [7, 11) is 2.86. The van der Waals surface area contributed by atoms with E-state index in [0.29, 0.717) is 36.8 Å². The van der Waals surface area contributed by atoms with Crippen LogP contribution in [0, 0.1) is 0 Å². The zero-order valence-electron chi connectivity index (χ0n) is 15.3. The smallest absolute Gasteiger partial charge is 0.340 e. The highest BCUT2D eigenvalue weighted by atomic mass is 16.5. The zero-order chi connectivity index (χ0) is 19.1. The SMILES string of the molecule is C=CCOc1ccc(/C=C2/C(=O)N(CCOC)C(C)=C2C(=O)OC)cc1. The molecule has 138 valence electrons. The highest BCUT2D eigenvalue weighted by molar-refractivity contribution is 6.16. The lowest BCUT2D eigenvalue weighted by molar-refractivity contribution is -0.136. The van der Waals surface area contributed by atoms with Crippen LogP contribution in [0.15, 0.2) is 53.8 Å². The molecule has 1 amide bonds. The van der Waals surface area contributed by atoms with Gasteiger partial charge in [0.25, 0.3) is 5.91 Å². The first-order chi connectivity index (χ1) is 12.5. The maximum Gasteiger partial charge on any atom is 0.340 e. The van der Waals surface area contributed by atoms with Gasteiger partial charge in [0.1, 0.15) is 12.4 Å². The standard InChI is InChI=1S/C20H23NO5/c1-5-11-26-16-8-6-15(7-9-16)13-17-18(20(23)25-4)14(2)21(19(17)22)10-12-24-3/h5-9,13H,1,10-12H2,2-4H3/b17-13+. The summed E-state index contributed by atoms with van der Waals surface area (Å²) in [6.07, 6.45) is 3.35. The van der Waals surface area contributed by atoms with Crippen LogP contribution in [0.3, 0.4) is 0 Å². The number of hydrogen-bond acceptors (Lipinski definition) is 5. The number of nitrogens with zero attached hydrogens (tertiary/aromatic N) is 1. The van der Waals surface area contributed by atoms with Crippen LogP contribution in [0.5, 0.6) is 5.75 Å². The number of esters is 1. The summed E-state index contributed by atoms with van der Waals surface area (Å²) < 4.78 is 15.4. The van der Waals surface area contributed by atoms with Crippen molar-refractivity contribution in [1.29, 1.82) is 0 Å². The van der Waals surface area contributed by atoms with Crippen LogP contribution in [-0.2, 0) is 19.1 Å². The molecular formula is C20H23NO5.